The van der Waals surface area contributed by atoms with Gasteiger partial charge in [-0.05, 0) is 29.9 Å². The highest BCUT2D eigenvalue weighted by molar-refractivity contribution is 7.78. The van der Waals surface area contributed by atoms with Gasteiger partial charge in [0.05, 0.1) is 17.5 Å². The van der Waals surface area contributed by atoms with Crippen LogP contribution in [0, 0.1) is 0 Å². The molecule has 0 aliphatic carbocycles. The van der Waals surface area contributed by atoms with Gasteiger partial charge in [-0.2, -0.15) is 4.99 Å². The molecule has 12 heavy (non-hydrogen) atoms. The second kappa shape index (κ2) is 4.78. The summed E-state index contributed by atoms with van der Waals surface area (Å²) in [6, 6.07) is 7.67. The number of ether oxygens (including phenoxy) is 1. The summed E-state index contributed by atoms with van der Waals surface area (Å²) in [7, 11) is 1.67. The summed E-state index contributed by atoms with van der Waals surface area (Å²) < 4.78 is 4.96. The van der Waals surface area contributed by atoms with E-state index < -0.39 is 0 Å². The van der Waals surface area contributed by atoms with Gasteiger partial charge in [-0.15, -0.1) is 0 Å². The molecule has 62 valence electrons. The Morgan fingerprint density at radius 2 is 2.08 bits per heavy atom. The van der Waals surface area contributed by atoms with Gasteiger partial charge < -0.3 is 4.74 Å². The summed E-state index contributed by atoms with van der Waals surface area (Å²) in [4.78, 5) is 3.83. The third-order valence-corrected chi connectivity index (χ3v) is 1.51. The molecule has 3 heteroatoms. The summed E-state index contributed by atoms with van der Waals surface area (Å²) >= 11 is 4.48. The minimum atomic E-state index is 0.627. The molecule has 0 amide bonds. The molecule has 1 rings (SSSR count). The van der Waals surface area contributed by atoms with Gasteiger partial charge in [0.2, 0.25) is 0 Å². The van der Waals surface area contributed by atoms with Crippen LogP contribution in [0.2, 0.25) is 0 Å². The van der Waals surface area contributed by atoms with E-state index in [2.05, 4.69) is 22.4 Å². The van der Waals surface area contributed by atoms with Crippen LogP contribution in [-0.2, 0) is 11.3 Å². The van der Waals surface area contributed by atoms with Gasteiger partial charge in [-0.3, -0.25) is 0 Å². The first-order chi connectivity index (χ1) is 5.86. The number of benzene rings is 1. The highest BCUT2D eigenvalue weighted by Gasteiger charge is 1.90. The molecule has 0 spiro atoms. The third-order valence-electron chi connectivity index (χ3n) is 1.42. The molecule has 0 aliphatic heterocycles. The molecule has 0 heterocycles. The van der Waals surface area contributed by atoms with Crippen molar-refractivity contribution in [2.45, 2.75) is 6.61 Å². The predicted octanol–water partition coefficient (Wildman–Crippen LogP) is 2.57. The molecule has 1 aromatic rings. The zero-order valence-corrected chi connectivity index (χ0v) is 7.60. The monoisotopic (exact) mass is 179 g/mol. The lowest BCUT2D eigenvalue weighted by Gasteiger charge is -1.98. The number of thiocarbonyl (C=S) groups is 1. The number of methoxy groups -OCH3 is 1. The smallest absolute Gasteiger partial charge is 0.0739 e. The second-order valence-electron chi connectivity index (χ2n) is 2.30. The molecule has 0 atom stereocenters. The summed E-state index contributed by atoms with van der Waals surface area (Å²) in [6.45, 7) is 0.627. The van der Waals surface area contributed by atoms with Crippen LogP contribution in [0.15, 0.2) is 29.3 Å². The SMILES string of the molecule is COCc1ccc(N=C=S)cc1. The Bertz CT molecular complexity index is 288. The van der Waals surface area contributed by atoms with E-state index in [4.69, 9.17) is 4.74 Å². The highest BCUT2D eigenvalue weighted by Crippen LogP contribution is 2.12. The summed E-state index contributed by atoms with van der Waals surface area (Å²) in [5.74, 6) is 0. The van der Waals surface area contributed by atoms with Crippen molar-refractivity contribution in [1.82, 2.24) is 0 Å². The number of nitrogens with zero attached hydrogens (tertiary/aromatic N) is 1. The fourth-order valence-corrected chi connectivity index (χ4v) is 0.991. The molecule has 0 N–H and O–H groups in total. The minimum Gasteiger partial charge on any atom is -0.380 e. The largest absolute Gasteiger partial charge is 0.380 e. The third kappa shape index (κ3) is 2.55. The summed E-state index contributed by atoms with van der Waals surface area (Å²) in [5.41, 5.74) is 1.95. The maximum Gasteiger partial charge on any atom is 0.0739 e. The number of hydrogen-bond acceptors (Lipinski definition) is 3. The Morgan fingerprint density at radius 3 is 2.58 bits per heavy atom. The van der Waals surface area contributed by atoms with Crippen LogP contribution in [0.1, 0.15) is 5.56 Å². The molecular formula is C9H9NOS. The van der Waals surface area contributed by atoms with Crippen LogP contribution in [0.4, 0.5) is 5.69 Å². The van der Waals surface area contributed by atoms with Crippen LogP contribution in [0.3, 0.4) is 0 Å². The van der Waals surface area contributed by atoms with E-state index in [1.807, 2.05) is 24.3 Å². The standard InChI is InChI=1S/C9H9NOS/c1-11-6-8-2-4-9(5-3-8)10-7-12/h2-5H,6H2,1H3. The average Bonchev–Trinajstić information content (AvgIpc) is 2.09. The van der Waals surface area contributed by atoms with Crippen molar-refractivity contribution in [1.29, 1.82) is 0 Å². The minimum absolute atomic E-state index is 0.627. The molecule has 0 saturated heterocycles. The molecular weight excluding hydrogens is 170 g/mol. The Hall–Kier alpha value is -1.02. The van der Waals surface area contributed by atoms with Crippen LogP contribution in [-0.4, -0.2) is 12.3 Å². The average molecular weight is 179 g/mol. The first kappa shape index (κ1) is 9.07. The molecule has 1 aromatic carbocycles. The van der Waals surface area contributed by atoms with E-state index in [-0.39, 0.29) is 0 Å². The van der Waals surface area contributed by atoms with E-state index in [1.165, 1.54) is 0 Å². The first-order valence-electron chi connectivity index (χ1n) is 3.52. The van der Waals surface area contributed by atoms with Crippen LogP contribution in [0.5, 0.6) is 0 Å². The Labute approximate surface area is 76.9 Å². The Balaban J connectivity index is 2.77. The van der Waals surface area contributed by atoms with Crippen LogP contribution in [0.25, 0.3) is 0 Å². The zero-order chi connectivity index (χ0) is 8.81. The predicted molar refractivity (Wildman–Crippen MR) is 51.8 cm³/mol. The summed E-state index contributed by atoms with van der Waals surface area (Å²) in [6.07, 6.45) is 0. The number of rotatable bonds is 3. The molecule has 0 fully saturated rings. The van der Waals surface area contributed by atoms with Gasteiger partial charge in [-0.1, -0.05) is 12.1 Å². The lowest BCUT2D eigenvalue weighted by atomic mass is 10.2. The molecule has 2 nitrogen and oxygen atoms in total. The number of hydrogen-bond donors (Lipinski definition) is 0. The maximum atomic E-state index is 4.96. The topological polar surface area (TPSA) is 21.6 Å². The van der Waals surface area contributed by atoms with E-state index in [0.717, 1.165) is 11.3 Å². The normalized spacial score (nSPS) is 9.08. The fraction of sp³-hybridized carbons (Fsp3) is 0.222. The lowest BCUT2D eigenvalue weighted by Crippen LogP contribution is -1.84. The van der Waals surface area contributed by atoms with E-state index in [9.17, 15) is 0 Å². The van der Waals surface area contributed by atoms with E-state index in [1.54, 1.807) is 7.11 Å². The van der Waals surface area contributed by atoms with E-state index in [0.29, 0.717) is 6.61 Å². The van der Waals surface area contributed by atoms with Gasteiger partial charge in [0.25, 0.3) is 0 Å². The van der Waals surface area contributed by atoms with Crippen molar-refractivity contribution >= 4 is 23.1 Å². The molecule has 0 aliphatic rings. The number of isothiocyanates is 1. The van der Waals surface area contributed by atoms with E-state index >= 15 is 0 Å². The Kier molecular flexibility index (Phi) is 3.61. The van der Waals surface area contributed by atoms with Gasteiger partial charge >= 0.3 is 0 Å². The van der Waals surface area contributed by atoms with Crippen molar-refractivity contribution in [2.24, 2.45) is 4.99 Å². The van der Waals surface area contributed by atoms with Crippen molar-refractivity contribution in [3.63, 3.8) is 0 Å². The van der Waals surface area contributed by atoms with Crippen molar-refractivity contribution < 1.29 is 4.74 Å². The molecule has 0 saturated carbocycles. The molecule has 0 unspecified atom stereocenters. The fourth-order valence-electron chi connectivity index (χ4n) is 0.886. The molecule has 0 aromatic heterocycles. The van der Waals surface area contributed by atoms with Crippen LogP contribution < -0.4 is 0 Å². The van der Waals surface area contributed by atoms with Crippen LogP contribution >= 0.6 is 12.2 Å². The van der Waals surface area contributed by atoms with Gasteiger partial charge in [0, 0.05) is 7.11 Å². The maximum absolute atomic E-state index is 4.96. The van der Waals surface area contributed by atoms with Crippen molar-refractivity contribution in [2.75, 3.05) is 7.11 Å². The first-order valence-corrected chi connectivity index (χ1v) is 3.93. The Morgan fingerprint density at radius 1 is 1.42 bits per heavy atom. The highest BCUT2D eigenvalue weighted by atomic mass is 32.1. The quantitative estimate of drug-likeness (QED) is 0.525. The number of aliphatic imine (C=N–C) groups is 1. The lowest BCUT2D eigenvalue weighted by molar-refractivity contribution is 0.185. The molecule has 0 bridgehead atoms. The van der Waals surface area contributed by atoms with Crippen molar-refractivity contribution in [3.8, 4) is 0 Å². The van der Waals surface area contributed by atoms with Crippen molar-refractivity contribution in [3.05, 3.63) is 29.8 Å². The zero-order valence-electron chi connectivity index (χ0n) is 6.78. The van der Waals surface area contributed by atoms with Gasteiger partial charge in [-0.25, -0.2) is 0 Å². The molecule has 0 radical (unpaired) electrons. The van der Waals surface area contributed by atoms with Gasteiger partial charge in [0.15, 0.2) is 0 Å². The second-order valence-corrected chi connectivity index (χ2v) is 2.49. The summed E-state index contributed by atoms with van der Waals surface area (Å²) in [5, 5.41) is 2.31. The van der Waals surface area contributed by atoms with Gasteiger partial charge in [0.1, 0.15) is 0 Å².